The molecule has 1 N–H and O–H groups in total. The van der Waals surface area contributed by atoms with E-state index in [-0.39, 0.29) is 21.1 Å². The van der Waals surface area contributed by atoms with Crippen LogP contribution in [0, 0.1) is 0 Å². The number of rotatable bonds is 4. The van der Waals surface area contributed by atoms with E-state index in [2.05, 4.69) is 11.4 Å². The molecule has 0 saturated heterocycles. The van der Waals surface area contributed by atoms with Crippen LogP contribution in [0.4, 0.5) is 0 Å². The highest BCUT2D eigenvalue weighted by molar-refractivity contribution is 7.93. The van der Waals surface area contributed by atoms with Crippen LogP contribution in [0.25, 0.3) is 0 Å². The normalized spacial score (nSPS) is 16.4. The van der Waals surface area contributed by atoms with Gasteiger partial charge in [0.15, 0.2) is 0 Å². The molecule has 1 aromatic heterocycles. The van der Waals surface area contributed by atoms with Crippen LogP contribution in [0.3, 0.4) is 0 Å². The second kappa shape index (κ2) is 7.70. The molecule has 1 heterocycles. The van der Waals surface area contributed by atoms with Gasteiger partial charge in [0.1, 0.15) is 4.21 Å². The van der Waals surface area contributed by atoms with Crippen LogP contribution in [0.1, 0.15) is 39.7 Å². The number of carbonyl (C=O) groups is 1. The largest absolute Gasteiger partial charge is 0.345 e. The highest BCUT2D eigenvalue weighted by Crippen LogP contribution is 2.32. The Hall–Kier alpha value is -2.15. The predicted octanol–water partition coefficient (Wildman–Crippen LogP) is 5.04. The van der Waals surface area contributed by atoms with Crippen molar-refractivity contribution in [2.24, 2.45) is 0 Å². The molecule has 0 fully saturated rings. The Kier molecular flexibility index (Phi) is 5.27. The number of sulfone groups is 1. The number of carbonyl (C=O) groups excluding carboxylic acids is 1. The van der Waals surface area contributed by atoms with Gasteiger partial charge in [0, 0.05) is 5.02 Å². The molecule has 4 nitrogen and oxygen atoms in total. The minimum atomic E-state index is -3.67. The molecule has 0 bridgehead atoms. The number of benzene rings is 2. The Balaban J connectivity index is 1.55. The maximum atomic E-state index is 12.8. The first-order valence-electron chi connectivity index (χ1n) is 8.94. The molecule has 7 heteroatoms. The van der Waals surface area contributed by atoms with E-state index in [0.29, 0.717) is 9.90 Å². The van der Waals surface area contributed by atoms with Crippen LogP contribution in [0.2, 0.25) is 5.02 Å². The molecule has 4 rings (SSSR count). The van der Waals surface area contributed by atoms with E-state index in [4.69, 9.17) is 11.6 Å². The van der Waals surface area contributed by atoms with Crippen LogP contribution in [0.15, 0.2) is 69.8 Å². The third-order valence-corrected chi connectivity index (χ3v) is 8.47. The fourth-order valence-corrected chi connectivity index (χ4v) is 6.19. The second-order valence-electron chi connectivity index (χ2n) is 6.69. The lowest BCUT2D eigenvalue weighted by atomic mass is 9.88. The summed E-state index contributed by atoms with van der Waals surface area (Å²) in [6.07, 6.45) is 2.91. The fourth-order valence-electron chi connectivity index (χ4n) is 3.45. The third-order valence-electron chi connectivity index (χ3n) is 4.87. The van der Waals surface area contributed by atoms with E-state index < -0.39 is 9.84 Å². The molecule has 1 aliphatic carbocycles. The van der Waals surface area contributed by atoms with Gasteiger partial charge >= 0.3 is 0 Å². The summed E-state index contributed by atoms with van der Waals surface area (Å²) in [4.78, 5) is 13.3. The van der Waals surface area contributed by atoms with Gasteiger partial charge in [-0.1, -0.05) is 35.9 Å². The summed E-state index contributed by atoms with van der Waals surface area (Å²) < 4.78 is 25.7. The Morgan fingerprint density at radius 3 is 2.57 bits per heavy atom. The molecule has 1 amide bonds. The average Bonchev–Trinajstić information content (AvgIpc) is 3.20. The highest BCUT2D eigenvalue weighted by Gasteiger charge is 2.25. The van der Waals surface area contributed by atoms with E-state index in [1.54, 1.807) is 6.07 Å². The molecule has 0 saturated carbocycles. The molecule has 1 atom stereocenters. The lowest BCUT2D eigenvalue weighted by Crippen LogP contribution is -2.30. The van der Waals surface area contributed by atoms with Gasteiger partial charge < -0.3 is 5.32 Å². The van der Waals surface area contributed by atoms with E-state index in [9.17, 15) is 13.2 Å². The van der Waals surface area contributed by atoms with Crippen molar-refractivity contribution in [1.82, 2.24) is 5.32 Å². The van der Waals surface area contributed by atoms with Crippen molar-refractivity contribution in [2.75, 3.05) is 0 Å². The maximum absolute atomic E-state index is 12.8. The van der Waals surface area contributed by atoms with Crippen LogP contribution in [-0.4, -0.2) is 14.3 Å². The van der Waals surface area contributed by atoms with Gasteiger partial charge in [0.05, 0.1) is 15.8 Å². The molecule has 144 valence electrons. The van der Waals surface area contributed by atoms with E-state index in [1.807, 2.05) is 18.2 Å². The average molecular weight is 432 g/mol. The van der Waals surface area contributed by atoms with E-state index in [1.165, 1.54) is 35.9 Å². The second-order valence-corrected chi connectivity index (χ2v) is 10.4. The molecule has 28 heavy (non-hydrogen) atoms. The third kappa shape index (κ3) is 3.72. The number of amides is 1. The SMILES string of the molecule is O=C(N[C@@H]1CCCc2ccccc21)c1ccc(S(=O)(=O)c2ccc(Cl)cc2)s1. The van der Waals surface area contributed by atoms with Crippen LogP contribution in [-0.2, 0) is 16.3 Å². The standard InChI is InChI=1S/C21H18ClNO3S2/c22-15-8-10-16(11-9-15)28(25,26)20-13-12-19(27-20)21(24)23-18-7-3-5-14-4-1-2-6-17(14)18/h1-2,4,6,8-13,18H,3,5,7H2,(H,23,24)/t18-/m1/s1. The van der Waals surface area contributed by atoms with Crippen molar-refractivity contribution in [2.45, 2.75) is 34.4 Å². The van der Waals surface area contributed by atoms with E-state index in [0.717, 1.165) is 36.2 Å². The zero-order chi connectivity index (χ0) is 19.7. The van der Waals surface area contributed by atoms with Crippen molar-refractivity contribution in [3.05, 3.63) is 81.7 Å². The lowest BCUT2D eigenvalue weighted by Gasteiger charge is -2.26. The molecule has 0 radical (unpaired) electrons. The van der Waals surface area contributed by atoms with Crippen molar-refractivity contribution in [3.63, 3.8) is 0 Å². The number of thiophene rings is 1. The van der Waals surface area contributed by atoms with Crippen LogP contribution in [0.5, 0.6) is 0 Å². The van der Waals surface area contributed by atoms with Gasteiger partial charge in [-0.25, -0.2) is 8.42 Å². The quantitative estimate of drug-likeness (QED) is 0.629. The first-order chi connectivity index (χ1) is 13.4. The number of hydrogen-bond acceptors (Lipinski definition) is 4. The fraction of sp³-hybridized carbons (Fsp3) is 0.190. The minimum absolute atomic E-state index is 0.0455. The first-order valence-corrected chi connectivity index (χ1v) is 11.6. The number of aryl methyl sites for hydroxylation is 1. The highest BCUT2D eigenvalue weighted by atomic mass is 35.5. The lowest BCUT2D eigenvalue weighted by molar-refractivity contribution is 0.0937. The molecule has 0 aliphatic heterocycles. The van der Waals surface area contributed by atoms with Gasteiger partial charge in [0.25, 0.3) is 5.91 Å². The van der Waals surface area contributed by atoms with E-state index >= 15 is 0 Å². The molecule has 0 unspecified atom stereocenters. The number of hydrogen-bond donors (Lipinski definition) is 1. The summed E-state index contributed by atoms with van der Waals surface area (Å²) in [6, 6.07) is 17.1. The van der Waals surface area contributed by atoms with Crippen molar-refractivity contribution >= 4 is 38.7 Å². The van der Waals surface area contributed by atoms with Gasteiger partial charge in [-0.2, -0.15) is 0 Å². The first kappa shape index (κ1) is 19.2. The molecular weight excluding hydrogens is 414 g/mol. The molecule has 2 aromatic carbocycles. The molecule has 3 aromatic rings. The predicted molar refractivity (Wildman–Crippen MR) is 111 cm³/mol. The summed E-state index contributed by atoms with van der Waals surface area (Å²) in [5.41, 5.74) is 2.41. The van der Waals surface area contributed by atoms with Crippen molar-refractivity contribution < 1.29 is 13.2 Å². The maximum Gasteiger partial charge on any atom is 0.261 e. The number of fused-ring (bicyclic) bond motifs is 1. The minimum Gasteiger partial charge on any atom is -0.345 e. The summed E-state index contributed by atoms with van der Waals surface area (Å²) in [5, 5.41) is 3.53. The molecular formula is C21H18ClNO3S2. The summed E-state index contributed by atoms with van der Waals surface area (Å²) >= 11 is 6.82. The Bertz CT molecular complexity index is 1120. The van der Waals surface area contributed by atoms with Crippen molar-refractivity contribution in [1.29, 1.82) is 0 Å². The smallest absolute Gasteiger partial charge is 0.261 e. The van der Waals surface area contributed by atoms with Gasteiger partial charge in [-0.15, -0.1) is 11.3 Å². The zero-order valence-corrected chi connectivity index (χ0v) is 17.3. The number of nitrogens with one attached hydrogen (secondary N) is 1. The van der Waals surface area contributed by atoms with Crippen molar-refractivity contribution in [3.8, 4) is 0 Å². The van der Waals surface area contributed by atoms with Crippen LogP contribution >= 0.6 is 22.9 Å². The Labute approximate surface area is 173 Å². The molecule has 1 aliphatic rings. The van der Waals surface area contributed by atoms with Gasteiger partial charge in [-0.05, 0) is 66.8 Å². The Morgan fingerprint density at radius 2 is 1.79 bits per heavy atom. The summed E-state index contributed by atoms with van der Waals surface area (Å²) in [6.45, 7) is 0. The van der Waals surface area contributed by atoms with Crippen LogP contribution < -0.4 is 5.32 Å². The summed E-state index contributed by atoms with van der Waals surface area (Å²) in [5.74, 6) is -0.246. The number of halogens is 1. The van der Waals surface area contributed by atoms with Gasteiger partial charge in [-0.3, -0.25) is 4.79 Å². The Morgan fingerprint density at radius 1 is 1.04 bits per heavy atom. The topological polar surface area (TPSA) is 63.2 Å². The summed E-state index contributed by atoms with van der Waals surface area (Å²) in [7, 11) is -3.67. The zero-order valence-electron chi connectivity index (χ0n) is 14.9. The molecule has 0 spiro atoms. The van der Waals surface area contributed by atoms with Gasteiger partial charge in [0.2, 0.25) is 9.84 Å². The monoisotopic (exact) mass is 431 g/mol.